The van der Waals surface area contributed by atoms with Gasteiger partial charge < -0.3 is 27.8 Å². The van der Waals surface area contributed by atoms with Crippen LogP contribution in [-0.4, -0.2) is 188 Å². The second-order valence-electron chi connectivity index (χ2n) is 31.9. The van der Waals surface area contributed by atoms with Crippen LogP contribution in [0.5, 0.6) is 0 Å². The van der Waals surface area contributed by atoms with Crippen molar-refractivity contribution in [2.45, 2.75) is 374 Å². The molecule has 0 heterocycles. The minimum absolute atomic E-state index is 0.0253. The van der Waals surface area contributed by atoms with Crippen molar-refractivity contribution in [3.63, 3.8) is 0 Å². The maximum atomic E-state index is 13.0. The van der Waals surface area contributed by atoms with Crippen LogP contribution >= 0.6 is 60.6 Å². The third-order valence-electron chi connectivity index (χ3n) is 15.3. The molecule has 91 heavy (non-hydrogen) atoms. The predicted molar refractivity (Wildman–Crippen MR) is 402 cm³/mol. The van der Waals surface area contributed by atoms with Gasteiger partial charge in [-0.1, -0.05) is 76.8 Å². The molecule has 0 saturated heterocycles. The van der Waals surface area contributed by atoms with Crippen LogP contribution in [0.25, 0.3) is 0 Å². The molecule has 0 aromatic rings. The summed E-state index contributed by atoms with van der Waals surface area (Å²) >= 11 is 4.11. The molecule has 0 aliphatic heterocycles. The number of carbonyl (C=O) groups excluding carboxylic acids is 3. The highest BCUT2D eigenvalue weighted by atomic mass is 32.2. The quantitative estimate of drug-likeness (QED) is 0.0423. The second-order valence-corrected chi connectivity index (χ2v) is 41.3. The first-order valence-corrected chi connectivity index (χ1v) is 41.0. The highest BCUT2D eigenvalue weighted by Crippen LogP contribution is 2.56. The largest absolute Gasteiger partial charge is 0.378 e. The molecule has 542 valence electrons. The van der Waals surface area contributed by atoms with Gasteiger partial charge in [0.2, 0.25) is 0 Å². The van der Waals surface area contributed by atoms with Crippen LogP contribution in [0, 0.1) is 17.8 Å². The average Bonchev–Trinajstić information content (AvgIpc) is 0.880. The van der Waals surface area contributed by atoms with Crippen molar-refractivity contribution in [3.05, 3.63) is 0 Å². The Morgan fingerprint density at radius 2 is 0.648 bits per heavy atom. The zero-order chi connectivity index (χ0) is 71.2. The third-order valence-corrected chi connectivity index (χ3v) is 28.7. The van der Waals surface area contributed by atoms with Gasteiger partial charge in [0.05, 0.1) is 56.4 Å². The summed E-state index contributed by atoms with van der Waals surface area (Å²) in [4.78, 5) is 38.3. The maximum absolute atomic E-state index is 13.0. The molecule has 0 aliphatic rings. The lowest BCUT2D eigenvalue weighted by molar-refractivity contribution is -0.114. The fourth-order valence-electron chi connectivity index (χ4n) is 10.7. The van der Waals surface area contributed by atoms with Crippen molar-refractivity contribution in [3.8, 4) is 0 Å². The van der Waals surface area contributed by atoms with Crippen LogP contribution in [-0.2, 0) is 42.2 Å². The van der Waals surface area contributed by atoms with Gasteiger partial charge in [-0.3, -0.25) is 14.4 Å². The van der Waals surface area contributed by atoms with Gasteiger partial charge in [-0.2, -0.15) is 0 Å². The maximum Gasteiger partial charge on any atom is 0.192 e. The van der Waals surface area contributed by atoms with E-state index in [-0.39, 0.29) is 110 Å². The Hall–Kier alpha value is 0.870. The summed E-state index contributed by atoms with van der Waals surface area (Å²) in [5, 5.41) is 0.541. The summed E-state index contributed by atoms with van der Waals surface area (Å²) in [6, 6.07) is 2.37. The molecular weight excluding hydrogens is 1260 g/mol. The van der Waals surface area contributed by atoms with Crippen molar-refractivity contribution >= 4 is 76.0 Å². The first-order valence-electron chi connectivity index (χ1n) is 34.9. The number of carbonyl (C=O) groups is 3. The minimum Gasteiger partial charge on any atom is -0.378 e. The van der Waals surface area contributed by atoms with Crippen molar-refractivity contribution in [1.82, 2.24) is 28.0 Å². The van der Waals surface area contributed by atoms with E-state index in [9.17, 15) is 14.4 Å². The van der Waals surface area contributed by atoms with Gasteiger partial charge >= 0.3 is 0 Å². The Labute approximate surface area is 579 Å². The monoisotopic (exact) mass is 1400 g/mol. The summed E-state index contributed by atoms with van der Waals surface area (Å²) in [6.45, 7) is 81.7. The number of hydrogen-bond donors (Lipinski definition) is 0. The molecular formula is C70H145N6O9P3S3. The van der Waals surface area contributed by atoms with E-state index < -0.39 is 46.9 Å². The van der Waals surface area contributed by atoms with E-state index in [2.05, 4.69) is 236 Å². The van der Waals surface area contributed by atoms with Crippen LogP contribution in [0.1, 0.15) is 275 Å². The Kier molecular flexibility index (Phi) is 42.6. The molecule has 0 aromatic heterocycles. The molecule has 0 spiro atoms. The molecule has 0 N–H and O–H groups in total. The number of nitrogens with zero attached hydrogens (tertiary/aromatic N) is 6. The number of thioether (sulfide) groups is 3. The zero-order valence-electron chi connectivity index (χ0n) is 65.4. The Morgan fingerprint density at radius 3 is 0.989 bits per heavy atom. The average molecular weight is 1400 g/mol. The minimum atomic E-state index is -1.37. The van der Waals surface area contributed by atoms with Gasteiger partial charge in [0.25, 0.3) is 0 Å². The normalized spacial score (nSPS) is 16.3. The fourth-order valence-corrected chi connectivity index (χ4v) is 21.0. The molecule has 0 radical (unpaired) electrons. The number of hydrogen-bond acceptors (Lipinski definition) is 18. The van der Waals surface area contributed by atoms with Gasteiger partial charge in [0.15, 0.2) is 40.7 Å². The Balaban J connectivity index is 7.56. The van der Waals surface area contributed by atoms with Crippen molar-refractivity contribution < 1.29 is 42.2 Å². The highest BCUT2D eigenvalue weighted by molar-refractivity contribution is 8.15. The fraction of sp³-hybridized carbons (Fsp3) is 0.957. The summed E-state index contributed by atoms with van der Waals surface area (Å²) < 4.78 is 56.8. The van der Waals surface area contributed by atoms with Crippen LogP contribution in [0.3, 0.4) is 0 Å². The van der Waals surface area contributed by atoms with Gasteiger partial charge in [0.1, 0.15) is 0 Å². The third kappa shape index (κ3) is 34.2. The van der Waals surface area contributed by atoms with E-state index in [0.29, 0.717) is 45.4 Å². The summed E-state index contributed by atoms with van der Waals surface area (Å²) in [5.74, 6) is 0.471. The van der Waals surface area contributed by atoms with Crippen LogP contribution in [0.15, 0.2) is 0 Å². The lowest BCUT2D eigenvalue weighted by Crippen LogP contribution is -2.48. The topological polar surface area (TPSA) is 126 Å². The predicted octanol–water partition coefficient (Wildman–Crippen LogP) is 19.6. The lowest BCUT2D eigenvalue weighted by Gasteiger charge is -2.50. The molecule has 7 unspecified atom stereocenters. The van der Waals surface area contributed by atoms with Crippen LogP contribution in [0.2, 0.25) is 0 Å². The van der Waals surface area contributed by atoms with E-state index in [4.69, 9.17) is 27.8 Å². The number of ether oxygens (including phenoxy) is 3. The molecule has 0 aliphatic carbocycles. The molecule has 21 heteroatoms. The Morgan fingerprint density at radius 1 is 0.341 bits per heavy atom. The van der Waals surface area contributed by atoms with E-state index in [1.54, 1.807) is 0 Å². The molecule has 0 fully saturated rings. The van der Waals surface area contributed by atoms with E-state index >= 15 is 0 Å². The molecule has 0 amide bonds. The summed E-state index contributed by atoms with van der Waals surface area (Å²) in [7, 11) is -3.82. The second kappa shape index (κ2) is 42.2. The first kappa shape index (κ1) is 91.9. The van der Waals surface area contributed by atoms with E-state index in [1.807, 2.05) is 41.5 Å². The zero-order valence-corrected chi connectivity index (χ0v) is 70.5. The van der Waals surface area contributed by atoms with Gasteiger partial charge in [-0.25, -0.2) is 28.0 Å². The van der Waals surface area contributed by atoms with Crippen molar-refractivity contribution in [1.29, 1.82) is 0 Å². The molecule has 0 bridgehead atoms. The molecule has 0 rings (SSSR count). The number of rotatable bonds is 48. The summed E-state index contributed by atoms with van der Waals surface area (Å²) in [5.41, 5.74) is -1.78. The Bertz CT molecular complexity index is 2040. The SMILES string of the molecule is CC(C)C(=O)SCC(C)(C)OCC(C)(C)OP(N(C(C)C)C(C)C)N(C(C)C)C(C)CCC(C)N(C(C)C)P(OCC(C)(C)OCC(C)(C)SC(=O)C(C)C)N(C(C)C)C(C)CCC(C)N(C(C)C)P(OCCOCC(C)(C)SC(=O)C(C)C)N(C(C)C)C(C)C. The van der Waals surface area contributed by atoms with Gasteiger partial charge in [0, 0.05) is 106 Å². The van der Waals surface area contributed by atoms with Crippen molar-refractivity contribution in [2.75, 3.05) is 45.4 Å². The van der Waals surface area contributed by atoms with Gasteiger partial charge in [-0.05, 0) is 233 Å². The molecule has 7 atom stereocenters. The van der Waals surface area contributed by atoms with Crippen LogP contribution in [0.4, 0.5) is 0 Å². The van der Waals surface area contributed by atoms with Crippen LogP contribution < -0.4 is 0 Å². The lowest BCUT2D eigenvalue weighted by atomic mass is 10.1. The summed E-state index contributed by atoms with van der Waals surface area (Å²) in [6.07, 6.45) is 3.77. The van der Waals surface area contributed by atoms with Gasteiger partial charge in [-0.15, -0.1) is 0 Å². The molecule has 0 saturated carbocycles. The smallest absolute Gasteiger partial charge is 0.192 e. The standard InChI is InChI=1S/C70H145N6O9P3S3/c1-48(2)63(77)89-47-68(31,32)81-43-67(29,30)85-88(72(53(11)12)54(13)14)76(58(21)22)62(26)40-39-61(25)75(57(19)20)87(84-44-66(27,28)82-46-70(35,36)91-65(79)50(5)6)74(56(17)18)60(24)38-37-59(23)73(55(15)16)86(71(51(7)8)52(9)10)83-42-41-80-45-69(33,34)90-64(78)49(3)4/h48-62H,37-47H2,1-36H3. The molecule has 15 nitrogen and oxygen atoms in total. The highest BCUT2D eigenvalue weighted by Gasteiger charge is 2.44. The van der Waals surface area contributed by atoms with E-state index in [1.165, 1.54) is 35.3 Å². The van der Waals surface area contributed by atoms with Crippen molar-refractivity contribution in [2.24, 2.45) is 17.8 Å². The first-order chi connectivity index (χ1) is 41.4. The van der Waals surface area contributed by atoms with E-state index in [0.717, 1.165) is 25.7 Å². The molecule has 0 aromatic carbocycles.